The molecular formula is C22H36N2O4S. The van der Waals surface area contributed by atoms with Crippen molar-refractivity contribution < 1.29 is 17.9 Å². The number of benzene rings is 1. The molecular weight excluding hydrogens is 388 g/mol. The Bertz CT molecular complexity index is 747. The van der Waals surface area contributed by atoms with Gasteiger partial charge in [0.05, 0.1) is 25.6 Å². The maximum atomic E-state index is 11.8. The van der Waals surface area contributed by atoms with Crippen LogP contribution in [0.1, 0.15) is 57.4 Å². The fourth-order valence-electron chi connectivity index (χ4n) is 4.69. The number of ether oxygens (including phenoxy) is 2. The molecule has 0 bridgehead atoms. The van der Waals surface area contributed by atoms with Gasteiger partial charge in [0.1, 0.15) is 5.75 Å². The van der Waals surface area contributed by atoms with Crippen LogP contribution in [0, 0.1) is 5.92 Å². The minimum absolute atomic E-state index is 0.0184. The van der Waals surface area contributed by atoms with Crippen LogP contribution in [0.2, 0.25) is 0 Å². The smallest absolute Gasteiger partial charge is 0.209 e. The molecule has 0 unspecified atom stereocenters. The highest BCUT2D eigenvalue weighted by Crippen LogP contribution is 2.38. The van der Waals surface area contributed by atoms with E-state index in [9.17, 15) is 8.42 Å². The minimum atomic E-state index is -3.24. The molecule has 0 spiro atoms. The molecule has 2 fully saturated rings. The molecule has 1 aromatic carbocycles. The van der Waals surface area contributed by atoms with E-state index in [4.69, 9.17) is 9.47 Å². The second-order valence-electron chi connectivity index (χ2n) is 8.52. The van der Waals surface area contributed by atoms with Crippen molar-refractivity contribution in [3.63, 3.8) is 0 Å². The van der Waals surface area contributed by atoms with Gasteiger partial charge in [-0.15, -0.1) is 0 Å². The second-order valence-corrected chi connectivity index (χ2v) is 10.3. The summed E-state index contributed by atoms with van der Waals surface area (Å²) < 4.78 is 38.4. The van der Waals surface area contributed by atoms with E-state index in [1.54, 1.807) is 0 Å². The zero-order valence-corrected chi connectivity index (χ0v) is 18.7. The third kappa shape index (κ3) is 6.41. The van der Waals surface area contributed by atoms with Gasteiger partial charge in [0.25, 0.3) is 0 Å². The van der Waals surface area contributed by atoms with Gasteiger partial charge in [-0.2, -0.15) is 0 Å². The summed E-state index contributed by atoms with van der Waals surface area (Å²) in [5.74, 6) is 1.82. The summed E-state index contributed by atoms with van der Waals surface area (Å²) in [6.45, 7) is 6.26. The van der Waals surface area contributed by atoms with Crippen LogP contribution in [0.3, 0.4) is 0 Å². The number of hydrogen-bond acceptors (Lipinski definition) is 5. The summed E-state index contributed by atoms with van der Waals surface area (Å²) in [6, 6.07) is 8.27. The molecule has 164 valence electrons. The Labute approximate surface area is 175 Å². The van der Waals surface area contributed by atoms with Crippen molar-refractivity contribution in [3.8, 4) is 5.75 Å². The van der Waals surface area contributed by atoms with E-state index in [0.717, 1.165) is 44.4 Å². The van der Waals surface area contributed by atoms with Crippen LogP contribution < -0.4 is 14.8 Å². The Hall–Kier alpha value is -1.15. The third-order valence-corrected chi connectivity index (χ3v) is 6.95. The predicted molar refractivity (Wildman–Crippen MR) is 116 cm³/mol. The second kappa shape index (κ2) is 10.2. The summed E-state index contributed by atoms with van der Waals surface area (Å²) in [4.78, 5) is 0. The molecule has 1 aromatic rings. The Morgan fingerprint density at radius 3 is 2.55 bits per heavy atom. The number of rotatable bonds is 8. The lowest BCUT2D eigenvalue weighted by Gasteiger charge is -2.38. The fourth-order valence-corrected chi connectivity index (χ4v) is 5.58. The van der Waals surface area contributed by atoms with Crippen LogP contribution in [0.4, 0.5) is 0 Å². The largest absolute Gasteiger partial charge is 0.494 e. The third-order valence-electron chi connectivity index (χ3n) is 6.25. The van der Waals surface area contributed by atoms with Crippen LogP contribution in [-0.2, 0) is 14.8 Å². The summed E-state index contributed by atoms with van der Waals surface area (Å²) in [5, 5.41) is 3.45. The first-order chi connectivity index (χ1) is 13.9. The molecule has 3 atom stereocenters. The predicted octanol–water partition coefficient (Wildman–Crippen LogP) is 3.04. The molecule has 3 rings (SSSR count). The Morgan fingerprint density at radius 1 is 1.14 bits per heavy atom. The lowest BCUT2D eigenvalue weighted by atomic mass is 9.82. The van der Waals surface area contributed by atoms with Gasteiger partial charge in [0, 0.05) is 12.1 Å². The van der Waals surface area contributed by atoms with Gasteiger partial charge in [-0.3, -0.25) is 0 Å². The van der Waals surface area contributed by atoms with Gasteiger partial charge >= 0.3 is 0 Å². The maximum Gasteiger partial charge on any atom is 0.209 e. The minimum Gasteiger partial charge on any atom is -0.494 e. The van der Waals surface area contributed by atoms with Gasteiger partial charge in [0.15, 0.2) is 0 Å². The summed E-state index contributed by atoms with van der Waals surface area (Å²) in [6.07, 6.45) is 6.67. The molecule has 2 N–H and O–H groups in total. The first kappa shape index (κ1) is 22.5. The molecule has 0 amide bonds. The average Bonchev–Trinajstić information content (AvgIpc) is 2.69. The van der Waals surface area contributed by atoms with Crippen LogP contribution in [0.5, 0.6) is 5.75 Å². The van der Waals surface area contributed by atoms with Gasteiger partial charge in [-0.05, 0) is 69.0 Å². The normalized spacial score (nSPS) is 30.8. The molecule has 7 heteroatoms. The highest BCUT2D eigenvalue weighted by molar-refractivity contribution is 7.88. The number of nitrogens with one attached hydrogen (secondary N) is 2. The molecule has 2 aliphatic rings. The highest BCUT2D eigenvalue weighted by atomic mass is 32.2. The molecule has 0 aromatic heterocycles. The van der Waals surface area contributed by atoms with Crippen LogP contribution >= 0.6 is 0 Å². The monoisotopic (exact) mass is 424 g/mol. The van der Waals surface area contributed by atoms with Crippen LogP contribution in [-0.4, -0.2) is 52.6 Å². The SMILES string of the molecule is CCOc1ccccc1[C@H]1CC[C@@H](OC[C@@H]2NCC[C@@H](C)[C@@H]2NS(C)(=O)=O)CC1. The van der Waals surface area contributed by atoms with Crippen LogP contribution in [0.15, 0.2) is 24.3 Å². The van der Waals surface area contributed by atoms with E-state index < -0.39 is 10.0 Å². The van der Waals surface area contributed by atoms with E-state index in [1.807, 2.05) is 13.0 Å². The number of para-hydroxylation sites is 1. The molecule has 6 nitrogen and oxygen atoms in total. The average molecular weight is 425 g/mol. The van der Waals surface area contributed by atoms with Crippen molar-refractivity contribution in [3.05, 3.63) is 29.8 Å². The first-order valence-electron chi connectivity index (χ1n) is 10.9. The standard InChI is InChI=1S/C22H36N2O4S/c1-4-27-21-8-6-5-7-19(21)17-9-11-18(12-10-17)28-15-20-22(24-29(3,25)26)16(2)13-14-23-20/h5-8,16-18,20,22-24H,4,9-15H2,1-3H3/t16-,17-,18+,20+,22+/m1/s1. The summed E-state index contributed by atoms with van der Waals surface area (Å²) in [5.41, 5.74) is 1.31. The Balaban J connectivity index is 1.52. The van der Waals surface area contributed by atoms with Crippen molar-refractivity contribution in [2.45, 2.75) is 70.1 Å². The van der Waals surface area contributed by atoms with Gasteiger partial charge in [-0.1, -0.05) is 25.1 Å². The number of hydrogen-bond donors (Lipinski definition) is 2. The summed E-state index contributed by atoms with van der Waals surface area (Å²) in [7, 11) is -3.24. The quantitative estimate of drug-likeness (QED) is 0.671. The lowest BCUT2D eigenvalue weighted by molar-refractivity contribution is 0.00108. The molecule has 1 heterocycles. The molecule has 1 aliphatic carbocycles. The van der Waals surface area contributed by atoms with Gasteiger partial charge < -0.3 is 14.8 Å². The number of piperidine rings is 1. The van der Waals surface area contributed by atoms with Crippen LogP contribution in [0.25, 0.3) is 0 Å². The maximum absolute atomic E-state index is 11.8. The Kier molecular flexibility index (Phi) is 7.96. The van der Waals surface area contributed by atoms with E-state index in [2.05, 4.69) is 35.2 Å². The molecule has 0 radical (unpaired) electrons. The zero-order valence-electron chi connectivity index (χ0n) is 17.9. The van der Waals surface area contributed by atoms with E-state index >= 15 is 0 Å². The molecule has 29 heavy (non-hydrogen) atoms. The van der Waals surface area contributed by atoms with E-state index in [-0.39, 0.29) is 18.2 Å². The van der Waals surface area contributed by atoms with Crippen molar-refractivity contribution in [1.82, 2.24) is 10.0 Å². The van der Waals surface area contributed by atoms with Gasteiger partial charge in [-0.25, -0.2) is 13.1 Å². The molecule has 1 aliphatic heterocycles. The number of sulfonamides is 1. The van der Waals surface area contributed by atoms with Crippen molar-refractivity contribution in [1.29, 1.82) is 0 Å². The highest BCUT2D eigenvalue weighted by Gasteiger charge is 2.33. The fraction of sp³-hybridized carbons (Fsp3) is 0.727. The first-order valence-corrected chi connectivity index (χ1v) is 12.8. The zero-order chi connectivity index (χ0) is 20.9. The van der Waals surface area contributed by atoms with E-state index in [1.165, 1.54) is 11.8 Å². The topological polar surface area (TPSA) is 76.7 Å². The van der Waals surface area contributed by atoms with Gasteiger partial charge in [0.2, 0.25) is 10.0 Å². The van der Waals surface area contributed by atoms with Crippen molar-refractivity contribution in [2.24, 2.45) is 5.92 Å². The van der Waals surface area contributed by atoms with Crippen molar-refractivity contribution >= 4 is 10.0 Å². The Morgan fingerprint density at radius 2 is 1.86 bits per heavy atom. The molecule has 1 saturated heterocycles. The molecule has 1 saturated carbocycles. The van der Waals surface area contributed by atoms with E-state index in [0.29, 0.717) is 25.0 Å². The van der Waals surface area contributed by atoms with Crippen molar-refractivity contribution in [2.75, 3.05) is 26.0 Å². The summed E-state index contributed by atoms with van der Waals surface area (Å²) >= 11 is 0. The lowest BCUT2D eigenvalue weighted by Crippen LogP contribution is -2.59.